The summed E-state index contributed by atoms with van der Waals surface area (Å²) in [5, 5.41) is 3.25. The van der Waals surface area contributed by atoms with Crippen molar-refractivity contribution < 1.29 is 4.79 Å². The molecule has 0 saturated heterocycles. The highest BCUT2D eigenvalue weighted by molar-refractivity contribution is 6.00. The van der Waals surface area contributed by atoms with Crippen molar-refractivity contribution in [1.29, 1.82) is 0 Å². The van der Waals surface area contributed by atoms with Crippen molar-refractivity contribution in [2.24, 2.45) is 5.73 Å². The summed E-state index contributed by atoms with van der Waals surface area (Å²) in [6, 6.07) is 9.04. The van der Waals surface area contributed by atoms with Gasteiger partial charge in [0.15, 0.2) is 0 Å². The van der Waals surface area contributed by atoms with Crippen LogP contribution in [0.4, 0.5) is 11.4 Å². The number of carbonyl (C=O) groups excluding carboxylic acids is 1. The van der Waals surface area contributed by atoms with E-state index < -0.39 is 5.91 Å². The molecular weight excluding hydrogens is 240 g/mol. The first-order chi connectivity index (χ1) is 9.09. The summed E-state index contributed by atoms with van der Waals surface area (Å²) in [5.41, 5.74) is 13.6. The Morgan fingerprint density at radius 1 is 1.32 bits per heavy atom. The van der Waals surface area contributed by atoms with Crippen LogP contribution in [0, 0.1) is 0 Å². The molecule has 1 amide bonds. The average Bonchev–Trinajstić information content (AvgIpc) is 2.41. The van der Waals surface area contributed by atoms with Gasteiger partial charge in [0.1, 0.15) is 0 Å². The van der Waals surface area contributed by atoms with Gasteiger partial charge in [0.25, 0.3) is 5.91 Å². The van der Waals surface area contributed by atoms with Gasteiger partial charge in [-0.2, -0.15) is 0 Å². The Hall–Kier alpha value is -2.56. The summed E-state index contributed by atoms with van der Waals surface area (Å²) < 4.78 is 0. The van der Waals surface area contributed by atoms with Crippen LogP contribution in [0.3, 0.4) is 0 Å². The van der Waals surface area contributed by atoms with E-state index in [0.29, 0.717) is 16.9 Å². The second-order valence-electron chi connectivity index (χ2n) is 4.28. The highest BCUT2D eigenvalue weighted by Gasteiger charge is 2.12. The zero-order chi connectivity index (χ0) is 13.8. The SMILES string of the molecule is CC(Nc1cccc(C(N)=O)c1N)c1cccnc1. The number of aromatic nitrogens is 1. The fourth-order valence-electron chi connectivity index (χ4n) is 1.85. The van der Waals surface area contributed by atoms with Crippen molar-refractivity contribution in [2.45, 2.75) is 13.0 Å². The molecule has 0 spiro atoms. The van der Waals surface area contributed by atoms with Crippen molar-refractivity contribution in [3.8, 4) is 0 Å². The van der Waals surface area contributed by atoms with Gasteiger partial charge in [0.2, 0.25) is 0 Å². The van der Waals surface area contributed by atoms with Gasteiger partial charge in [-0.05, 0) is 30.7 Å². The number of amides is 1. The Morgan fingerprint density at radius 3 is 2.74 bits per heavy atom. The quantitative estimate of drug-likeness (QED) is 0.728. The summed E-state index contributed by atoms with van der Waals surface area (Å²) in [4.78, 5) is 15.3. The molecule has 5 nitrogen and oxygen atoms in total. The van der Waals surface area contributed by atoms with E-state index in [1.165, 1.54) is 0 Å². The number of nitrogens with one attached hydrogen (secondary N) is 1. The van der Waals surface area contributed by atoms with E-state index in [4.69, 9.17) is 11.5 Å². The van der Waals surface area contributed by atoms with Gasteiger partial charge in [-0.25, -0.2) is 0 Å². The number of hydrogen-bond acceptors (Lipinski definition) is 4. The molecule has 98 valence electrons. The number of nitrogens with zero attached hydrogens (tertiary/aromatic N) is 1. The first-order valence-electron chi connectivity index (χ1n) is 5.94. The van der Waals surface area contributed by atoms with Crippen LogP contribution in [0.5, 0.6) is 0 Å². The predicted octanol–water partition coefficient (Wildman–Crippen LogP) is 1.94. The van der Waals surface area contributed by atoms with E-state index >= 15 is 0 Å². The van der Waals surface area contributed by atoms with Gasteiger partial charge >= 0.3 is 0 Å². The Balaban J connectivity index is 2.25. The molecule has 0 fully saturated rings. The smallest absolute Gasteiger partial charge is 0.250 e. The van der Waals surface area contributed by atoms with E-state index in [0.717, 1.165) is 5.56 Å². The molecule has 0 aliphatic heterocycles. The van der Waals surface area contributed by atoms with Gasteiger partial charge in [0.05, 0.1) is 23.0 Å². The van der Waals surface area contributed by atoms with E-state index in [1.807, 2.05) is 25.1 Å². The molecule has 1 atom stereocenters. The number of para-hydroxylation sites is 1. The summed E-state index contributed by atoms with van der Waals surface area (Å²) in [5.74, 6) is -0.532. The largest absolute Gasteiger partial charge is 0.396 e. The number of nitrogen functional groups attached to an aromatic ring is 1. The molecule has 2 rings (SSSR count). The van der Waals surface area contributed by atoms with E-state index in [2.05, 4.69) is 10.3 Å². The van der Waals surface area contributed by atoms with Crippen molar-refractivity contribution in [1.82, 2.24) is 4.98 Å². The third-order valence-electron chi connectivity index (χ3n) is 2.93. The topological polar surface area (TPSA) is 94.0 Å². The van der Waals surface area contributed by atoms with E-state index in [9.17, 15) is 4.79 Å². The Morgan fingerprint density at radius 2 is 2.11 bits per heavy atom. The van der Waals surface area contributed by atoms with Gasteiger partial charge in [0, 0.05) is 12.4 Å². The maximum Gasteiger partial charge on any atom is 0.250 e. The maximum atomic E-state index is 11.2. The van der Waals surface area contributed by atoms with Gasteiger partial charge in [-0.1, -0.05) is 12.1 Å². The standard InChI is InChI=1S/C14H16N4O/c1-9(10-4-3-7-17-8-10)18-12-6-2-5-11(13(12)15)14(16)19/h2-9,18H,15H2,1H3,(H2,16,19). The molecule has 0 bridgehead atoms. The molecular formula is C14H16N4O. The number of primary amides is 1. The van der Waals surface area contributed by atoms with Crippen LogP contribution < -0.4 is 16.8 Å². The van der Waals surface area contributed by atoms with Gasteiger partial charge in [-0.15, -0.1) is 0 Å². The molecule has 0 aliphatic carbocycles. The Kier molecular flexibility index (Phi) is 3.66. The van der Waals surface area contributed by atoms with E-state index in [1.54, 1.807) is 24.5 Å². The monoisotopic (exact) mass is 256 g/mol. The molecule has 2 aromatic rings. The molecule has 0 radical (unpaired) electrons. The van der Waals surface area contributed by atoms with Gasteiger partial charge < -0.3 is 16.8 Å². The average molecular weight is 256 g/mol. The van der Waals surface area contributed by atoms with Crippen molar-refractivity contribution >= 4 is 17.3 Å². The van der Waals surface area contributed by atoms with Crippen LogP contribution in [0.25, 0.3) is 0 Å². The summed E-state index contributed by atoms with van der Waals surface area (Å²) >= 11 is 0. The second kappa shape index (κ2) is 5.39. The molecule has 1 heterocycles. The number of carbonyl (C=O) groups is 1. The summed E-state index contributed by atoms with van der Waals surface area (Å²) in [6.07, 6.45) is 3.50. The zero-order valence-corrected chi connectivity index (χ0v) is 10.6. The number of rotatable bonds is 4. The Bertz CT molecular complexity index is 583. The molecule has 19 heavy (non-hydrogen) atoms. The van der Waals surface area contributed by atoms with Crippen LogP contribution in [0.1, 0.15) is 28.9 Å². The number of benzene rings is 1. The predicted molar refractivity (Wildman–Crippen MR) is 75.6 cm³/mol. The summed E-state index contributed by atoms with van der Waals surface area (Å²) in [7, 11) is 0. The van der Waals surface area contributed by atoms with Crippen LogP contribution >= 0.6 is 0 Å². The highest BCUT2D eigenvalue weighted by atomic mass is 16.1. The molecule has 1 aromatic carbocycles. The first kappa shape index (κ1) is 12.9. The molecule has 5 heteroatoms. The van der Waals surface area contributed by atoms with Gasteiger partial charge in [-0.3, -0.25) is 9.78 Å². The number of anilines is 2. The molecule has 0 aliphatic rings. The van der Waals surface area contributed by atoms with Crippen LogP contribution in [0.2, 0.25) is 0 Å². The minimum atomic E-state index is -0.532. The van der Waals surface area contributed by atoms with Crippen LogP contribution in [-0.4, -0.2) is 10.9 Å². The number of pyridine rings is 1. The molecule has 1 unspecified atom stereocenters. The first-order valence-corrected chi connectivity index (χ1v) is 5.94. The van der Waals surface area contributed by atoms with Crippen molar-refractivity contribution in [2.75, 3.05) is 11.1 Å². The molecule has 0 saturated carbocycles. The summed E-state index contributed by atoms with van der Waals surface area (Å²) in [6.45, 7) is 1.99. The second-order valence-corrected chi connectivity index (χ2v) is 4.28. The maximum absolute atomic E-state index is 11.2. The highest BCUT2D eigenvalue weighted by Crippen LogP contribution is 2.26. The Labute approximate surface area is 111 Å². The lowest BCUT2D eigenvalue weighted by atomic mass is 10.1. The minimum Gasteiger partial charge on any atom is -0.396 e. The molecule has 1 aromatic heterocycles. The molecule has 5 N–H and O–H groups in total. The third-order valence-corrected chi connectivity index (χ3v) is 2.93. The van der Waals surface area contributed by atoms with Crippen molar-refractivity contribution in [3.05, 3.63) is 53.9 Å². The fraction of sp³-hybridized carbons (Fsp3) is 0.143. The lowest BCUT2D eigenvalue weighted by Gasteiger charge is -2.17. The number of nitrogens with two attached hydrogens (primary N) is 2. The third kappa shape index (κ3) is 2.82. The van der Waals surface area contributed by atoms with Crippen LogP contribution in [0.15, 0.2) is 42.7 Å². The minimum absolute atomic E-state index is 0.0270. The normalized spacial score (nSPS) is 11.8. The number of hydrogen-bond donors (Lipinski definition) is 3. The van der Waals surface area contributed by atoms with E-state index in [-0.39, 0.29) is 6.04 Å². The fourth-order valence-corrected chi connectivity index (χ4v) is 1.85. The lowest BCUT2D eigenvalue weighted by Crippen LogP contribution is -2.15. The van der Waals surface area contributed by atoms with Crippen LogP contribution in [-0.2, 0) is 0 Å². The lowest BCUT2D eigenvalue weighted by molar-refractivity contribution is 0.100. The zero-order valence-electron chi connectivity index (χ0n) is 10.6. The van der Waals surface area contributed by atoms with Crippen molar-refractivity contribution in [3.63, 3.8) is 0 Å².